The van der Waals surface area contributed by atoms with Gasteiger partial charge in [0.1, 0.15) is 5.82 Å². The highest BCUT2D eigenvalue weighted by atomic mass is 35.5. The number of aromatic nitrogens is 1. The van der Waals surface area contributed by atoms with Gasteiger partial charge in [0, 0.05) is 34.4 Å². The number of H-pyrrole nitrogens is 1. The molecule has 0 saturated heterocycles. The van der Waals surface area contributed by atoms with Crippen molar-refractivity contribution in [3.8, 4) is 0 Å². The van der Waals surface area contributed by atoms with Crippen molar-refractivity contribution < 1.29 is 13.9 Å². The van der Waals surface area contributed by atoms with Gasteiger partial charge in [0.2, 0.25) is 0 Å². The molecule has 1 aromatic heterocycles. The average Bonchev–Trinajstić information content (AvgIpc) is 2.70. The number of aromatic amines is 1. The van der Waals surface area contributed by atoms with Gasteiger partial charge in [-0.15, -0.1) is 0 Å². The number of nitrogens with one attached hydrogen (secondary N) is 2. The summed E-state index contributed by atoms with van der Waals surface area (Å²) in [6, 6.07) is 8.73. The number of hydrogen-bond donors (Lipinski definition) is 2. The van der Waals surface area contributed by atoms with Crippen molar-refractivity contribution in [2.24, 2.45) is 0 Å². The van der Waals surface area contributed by atoms with Gasteiger partial charge in [-0.2, -0.15) is 0 Å². The number of carbonyl (C=O) groups excluding carboxylic acids is 1. The highest BCUT2D eigenvalue weighted by Crippen LogP contribution is 2.33. The predicted molar refractivity (Wildman–Crippen MR) is 110 cm³/mol. The summed E-state index contributed by atoms with van der Waals surface area (Å²) in [4.78, 5) is 29.6. The van der Waals surface area contributed by atoms with E-state index in [1.54, 1.807) is 38.2 Å². The van der Waals surface area contributed by atoms with E-state index in [2.05, 4.69) is 10.3 Å². The summed E-state index contributed by atoms with van der Waals surface area (Å²) in [5.74, 6) is -0.333. The summed E-state index contributed by atoms with van der Waals surface area (Å²) in [7, 11) is 1.65. The fourth-order valence-corrected chi connectivity index (χ4v) is 3.78. The standard InChI is InChI=1S/C21H19ClFN3O3/c1-11-7-13(4-6-16(11)23)24-21(28)26(2)18-10-29-9-17-19(18)14-5-3-12(22)8-15(14)20(27)25-17/h3-8,18H,9-10H2,1-2H3,(H,24,28)(H,25,27)/t18-/m1/s1. The van der Waals surface area contributed by atoms with E-state index in [9.17, 15) is 14.0 Å². The van der Waals surface area contributed by atoms with Crippen LogP contribution in [0.5, 0.6) is 0 Å². The summed E-state index contributed by atoms with van der Waals surface area (Å²) in [6.45, 7) is 2.17. The fraction of sp³-hybridized carbons (Fsp3) is 0.238. The lowest BCUT2D eigenvalue weighted by molar-refractivity contribution is 0.0527. The molecule has 3 aromatic rings. The van der Waals surface area contributed by atoms with Crippen LogP contribution in [0.4, 0.5) is 14.9 Å². The Balaban J connectivity index is 1.70. The molecular weight excluding hydrogens is 397 g/mol. The Morgan fingerprint density at radius 1 is 1.28 bits per heavy atom. The van der Waals surface area contributed by atoms with E-state index in [1.165, 1.54) is 17.0 Å². The minimum Gasteiger partial charge on any atom is -0.373 e. The Labute approximate surface area is 171 Å². The number of hydrogen-bond acceptors (Lipinski definition) is 3. The molecule has 2 amide bonds. The zero-order chi connectivity index (χ0) is 20.7. The summed E-state index contributed by atoms with van der Waals surface area (Å²) >= 11 is 6.06. The third-order valence-electron chi connectivity index (χ3n) is 5.16. The maximum absolute atomic E-state index is 13.5. The van der Waals surface area contributed by atoms with Crippen LogP contribution in [0.2, 0.25) is 5.02 Å². The lowest BCUT2D eigenvalue weighted by Crippen LogP contribution is -2.39. The SMILES string of the molecule is Cc1cc(NC(=O)N(C)[C@@H]2COCc3[nH]c(=O)c4cc(Cl)ccc4c32)ccc1F. The van der Waals surface area contributed by atoms with Crippen LogP contribution in [0.3, 0.4) is 0 Å². The number of likely N-dealkylation sites (N-methyl/N-ethyl adjacent to an activating group) is 1. The first-order chi connectivity index (χ1) is 13.8. The molecule has 0 saturated carbocycles. The molecule has 29 heavy (non-hydrogen) atoms. The van der Waals surface area contributed by atoms with E-state index in [4.69, 9.17) is 16.3 Å². The van der Waals surface area contributed by atoms with Gasteiger partial charge in [-0.25, -0.2) is 9.18 Å². The molecule has 0 spiro atoms. The van der Waals surface area contributed by atoms with Crippen LogP contribution in [-0.2, 0) is 11.3 Å². The molecule has 0 aliphatic carbocycles. The number of aryl methyl sites for hydroxylation is 1. The van der Waals surface area contributed by atoms with Crippen LogP contribution in [0, 0.1) is 12.7 Å². The quantitative estimate of drug-likeness (QED) is 0.652. The van der Waals surface area contributed by atoms with E-state index in [-0.39, 0.29) is 30.6 Å². The summed E-state index contributed by atoms with van der Waals surface area (Å²) in [5, 5.41) is 4.44. The van der Waals surface area contributed by atoms with Crippen molar-refractivity contribution >= 4 is 34.1 Å². The second kappa shape index (κ2) is 7.50. The van der Waals surface area contributed by atoms with E-state index in [0.29, 0.717) is 27.4 Å². The molecule has 1 atom stereocenters. The molecule has 150 valence electrons. The van der Waals surface area contributed by atoms with E-state index < -0.39 is 6.04 Å². The molecule has 8 heteroatoms. The Morgan fingerprint density at radius 3 is 2.83 bits per heavy atom. The number of urea groups is 1. The largest absolute Gasteiger partial charge is 0.373 e. The number of ether oxygens (including phenoxy) is 1. The normalized spacial score (nSPS) is 15.8. The zero-order valence-electron chi connectivity index (χ0n) is 15.9. The topological polar surface area (TPSA) is 74.4 Å². The number of halogens is 2. The number of carbonyl (C=O) groups is 1. The van der Waals surface area contributed by atoms with E-state index in [1.807, 2.05) is 0 Å². The monoisotopic (exact) mass is 415 g/mol. The molecule has 2 aromatic carbocycles. The van der Waals surface area contributed by atoms with Gasteiger partial charge < -0.3 is 19.9 Å². The third kappa shape index (κ3) is 3.59. The number of pyridine rings is 1. The van der Waals surface area contributed by atoms with E-state index >= 15 is 0 Å². The molecule has 0 fully saturated rings. The molecule has 1 aliphatic rings. The minimum atomic E-state index is -0.416. The summed E-state index contributed by atoms with van der Waals surface area (Å²) in [6.07, 6.45) is 0. The first-order valence-corrected chi connectivity index (χ1v) is 9.45. The first-order valence-electron chi connectivity index (χ1n) is 9.07. The lowest BCUT2D eigenvalue weighted by Gasteiger charge is -2.33. The molecule has 0 bridgehead atoms. The molecule has 2 heterocycles. The van der Waals surface area contributed by atoms with Crippen LogP contribution >= 0.6 is 11.6 Å². The third-order valence-corrected chi connectivity index (χ3v) is 5.39. The van der Waals surface area contributed by atoms with Crippen LogP contribution in [0.15, 0.2) is 41.2 Å². The van der Waals surface area contributed by atoms with Crippen molar-refractivity contribution in [3.63, 3.8) is 0 Å². The van der Waals surface area contributed by atoms with Crippen LogP contribution < -0.4 is 10.9 Å². The Morgan fingerprint density at radius 2 is 2.07 bits per heavy atom. The number of fused-ring (bicyclic) bond motifs is 3. The molecule has 4 rings (SSSR count). The van der Waals surface area contributed by atoms with Gasteiger partial charge in [0.25, 0.3) is 5.56 Å². The van der Waals surface area contributed by atoms with Gasteiger partial charge in [-0.05, 0) is 48.2 Å². The van der Waals surface area contributed by atoms with Gasteiger partial charge in [0.15, 0.2) is 0 Å². The van der Waals surface area contributed by atoms with Crippen molar-refractivity contribution in [2.45, 2.75) is 19.6 Å². The second-order valence-electron chi connectivity index (χ2n) is 7.07. The Bertz CT molecular complexity index is 1180. The average molecular weight is 416 g/mol. The summed E-state index contributed by atoms with van der Waals surface area (Å²) < 4.78 is 19.1. The zero-order valence-corrected chi connectivity index (χ0v) is 16.6. The van der Waals surface area contributed by atoms with Crippen molar-refractivity contribution in [2.75, 3.05) is 19.0 Å². The van der Waals surface area contributed by atoms with Crippen molar-refractivity contribution in [3.05, 3.63) is 74.4 Å². The molecule has 0 radical (unpaired) electrons. The minimum absolute atomic E-state index is 0.251. The maximum atomic E-state index is 13.5. The molecule has 2 N–H and O–H groups in total. The Kier molecular flexibility index (Phi) is 5.02. The highest BCUT2D eigenvalue weighted by Gasteiger charge is 2.30. The second-order valence-corrected chi connectivity index (χ2v) is 7.51. The number of nitrogens with zero attached hydrogens (tertiary/aromatic N) is 1. The van der Waals surface area contributed by atoms with Crippen LogP contribution in [-0.4, -0.2) is 29.6 Å². The maximum Gasteiger partial charge on any atom is 0.322 e. The first kappa shape index (κ1) is 19.4. The van der Waals surface area contributed by atoms with Crippen LogP contribution in [0.1, 0.15) is 22.9 Å². The number of rotatable bonds is 2. The number of amides is 2. The number of benzene rings is 2. The number of anilines is 1. The molecule has 6 nitrogen and oxygen atoms in total. The lowest BCUT2D eigenvalue weighted by atomic mass is 9.96. The highest BCUT2D eigenvalue weighted by molar-refractivity contribution is 6.31. The fourth-order valence-electron chi connectivity index (χ4n) is 3.60. The van der Waals surface area contributed by atoms with Gasteiger partial charge in [-0.3, -0.25) is 4.79 Å². The van der Waals surface area contributed by atoms with Crippen LogP contribution in [0.25, 0.3) is 10.8 Å². The van der Waals surface area contributed by atoms with Gasteiger partial charge in [0.05, 0.1) is 19.3 Å². The molecular formula is C21H19ClFN3O3. The molecule has 1 aliphatic heterocycles. The summed E-state index contributed by atoms with van der Waals surface area (Å²) in [5.41, 5.74) is 2.15. The van der Waals surface area contributed by atoms with Gasteiger partial charge >= 0.3 is 6.03 Å². The smallest absolute Gasteiger partial charge is 0.322 e. The van der Waals surface area contributed by atoms with Crippen molar-refractivity contribution in [1.82, 2.24) is 9.88 Å². The Hall–Kier alpha value is -2.90. The van der Waals surface area contributed by atoms with Crippen molar-refractivity contribution in [1.29, 1.82) is 0 Å². The predicted octanol–water partition coefficient (Wildman–Crippen LogP) is 4.36. The molecule has 0 unspecified atom stereocenters. The van der Waals surface area contributed by atoms with Gasteiger partial charge in [-0.1, -0.05) is 17.7 Å². The van der Waals surface area contributed by atoms with E-state index in [0.717, 1.165) is 10.9 Å².